The molecule has 0 heterocycles. The van der Waals surface area contributed by atoms with Gasteiger partial charge in [-0.1, -0.05) is 72.2 Å². The van der Waals surface area contributed by atoms with Crippen LogP contribution in [0.4, 0.5) is 0 Å². The summed E-state index contributed by atoms with van der Waals surface area (Å²) < 4.78 is 38.5. The van der Waals surface area contributed by atoms with Crippen LogP contribution in [0.5, 0.6) is 0 Å². The molecular formula is C31H42O6S. The molecule has 0 aliphatic heterocycles. The first-order chi connectivity index (χ1) is 17.9. The number of hydrogen-bond donors (Lipinski definition) is 0. The van der Waals surface area contributed by atoms with Crippen molar-refractivity contribution in [3.8, 4) is 0 Å². The molecule has 1 aliphatic rings. The van der Waals surface area contributed by atoms with E-state index in [1.54, 1.807) is 45.0 Å². The number of ether oxygens (including phenoxy) is 2. The Morgan fingerprint density at radius 2 is 1.58 bits per heavy atom. The van der Waals surface area contributed by atoms with Crippen LogP contribution in [0, 0.1) is 10.8 Å². The van der Waals surface area contributed by atoms with Crippen LogP contribution >= 0.6 is 0 Å². The van der Waals surface area contributed by atoms with Crippen molar-refractivity contribution in [2.75, 3.05) is 13.2 Å². The lowest BCUT2D eigenvalue weighted by Crippen LogP contribution is -2.41. The zero-order valence-corrected chi connectivity index (χ0v) is 24.6. The smallest absolute Gasteiger partial charge is 0.324 e. The van der Waals surface area contributed by atoms with Crippen LogP contribution in [0.2, 0.25) is 0 Å². The van der Waals surface area contributed by atoms with Crippen LogP contribution < -0.4 is 0 Å². The number of benzene rings is 1. The maximum atomic E-state index is 14.0. The van der Waals surface area contributed by atoms with Gasteiger partial charge >= 0.3 is 11.9 Å². The standard InChI is InChI=1S/C31H42O6S/c1-8-36-28(32)31(29(33)37-9-2)22-30(31,7)27(38(34,35)26-19-11-10-12-20-26)21-25(6)18-14-17-24(5)16-13-15-23(3)4/h10-12,14-15,17-21,27H,8-9,13,16,22H2,1-7H3/b18-14+,24-17+,25-21+. The predicted octanol–water partition coefficient (Wildman–Crippen LogP) is 6.55. The third-order valence-electron chi connectivity index (χ3n) is 7.01. The number of rotatable bonds is 13. The summed E-state index contributed by atoms with van der Waals surface area (Å²) in [4.78, 5) is 26.4. The fraction of sp³-hybridized carbons (Fsp3) is 0.484. The van der Waals surface area contributed by atoms with E-state index in [0.29, 0.717) is 5.57 Å². The quantitative estimate of drug-likeness (QED) is 0.122. The maximum Gasteiger partial charge on any atom is 0.324 e. The summed E-state index contributed by atoms with van der Waals surface area (Å²) in [5.74, 6) is -1.49. The summed E-state index contributed by atoms with van der Waals surface area (Å²) in [6, 6.07) is 8.11. The van der Waals surface area contributed by atoms with Gasteiger partial charge in [0.15, 0.2) is 15.3 Å². The van der Waals surface area contributed by atoms with Gasteiger partial charge in [-0.25, -0.2) is 8.42 Å². The van der Waals surface area contributed by atoms with E-state index < -0.39 is 37.9 Å². The van der Waals surface area contributed by atoms with Crippen LogP contribution in [0.3, 0.4) is 0 Å². The van der Waals surface area contributed by atoms with Crippen LogP contribution in [0.25, 0.3) is 0 Å². The summed E-state index contributed by atoms with van der Waals surface area (Å²) in [6.45, 7) is 13.1. The fourth-order valence-electron chi connectivity index (χ4n) is 4.76. The van der Waals surface area contributed by atoms with Gasteiger partial charge in [-0.3, -0.25) is 9.59 Å². The second-order valence-electron chi connectivity index (χ2n) is 10.3. The van der Waals surface area contributed by atoms with E-state index in [-0.39, 0.29) is 24.5 Å². The molecular weight excluding hydrogens is 500 g/mol. The average Bonchev–Trinajstić information content (AvgIpc) is 3.51. The van der Waals surface area contributed by atoms with E-state index in [1.807, 2.05) is 25.2 Å². The zero-order chi connectivity index (χ0) is 28.6. The molecule has 1 saturated carbocycles. The minimum absolute atomic E-state index is 0.0191. The minimum Gasteiger partial charge on any atom is -0.465 e. The normalized spacial score (nSPS) is 20.1. The van der Waals surface area contributed by atoms with E-state index in [1.165, 1.54) is 23.3 Å². The van der Waals surface area contributed by atoms with Crippen molar-refractivity contribution < 1.29 is 27.5 Å². The third kappa shape index (κ3) is 6.93. The Hall–Kier alpha value is -2.93. The van der Waals surface area contributed by atoms with Crippen LogP contribution in [-0.2, 0) is 28.9 Å². The molecule has 0 radical (unpaired) electrons. The molecule has 0 spiro atoms. The number of carbonyl (C=O) groups excluding carboxylic acids is 2. The largest absolute Gasteiger partial charge is 0.465 e. The molecule has 2 atom stereocenters. The van der Waals surface area contributed by atoms with E-state index in [4.69, 9.17) is 9.47 Å². The third-order valence-corrected chi connectivity index (χ3v) is 9.26. The summed E-state index contributed by atoms with van der Waals surface area (Å²) in [5, 5.41) is -1.15. The fourth-order valence-corrected chi connectivity index (χ4v) is 6.95. The molecule has 1 fully saturated rings. The highest BCUT2D eigenvalue weighted by molar-refractivity contribution is 7.92. The number of allylic oxidation sites excluding steroid dienone is 7. The zero-order valence-electron chi connectivity index (χ0n) is 23.7. The Bertz CT molecular complexity index is 1200. The molecule has 0 saturated heterocycles. The lowest BCUT2D eigenvalue weighted by atomic mass is 9.89. The summed E-state index contributed by atoms with van der Waals surface area (Å²) in [5.41, 5.74) is 0.266. The van der Waals surface area contributed by atoms with E-state index in [9.17, 15) is 18.0 Å². The van der Waals surface area contributed by atoms with Gasteiger partial charge in [-0.05, 0) is 72.9 Å². The first-order valence-electron chi connectivity index (χ1n) is 13.2. The van der Waals surface area contributed by atoms with Gasteiger partial charge in [-0.2, -0.15) is 0 Å². The molecule has 0 N–H and O–H groups in total. The van der Waals surface area contributed by atoms with Gasteiger partial charge in [0.05, 0.1) is 23.4 Å². The first-order valence-corrected chi connectivity index (χ1v) is 14.7. The van der Waals surface area contributed by atoms with Gasteiger partial charge in [0.2, 0.25) is 0 Å². The molecule has 7 heteroatoms. The molecule has 1 aromatic carbocycles. The topological polar surface area (TPSA) is 86.7 Å². The van der Waals surface area contributed by atoms with Crippen molar-refractivity contribution in [1.82, 2.24) is 0 Å². The Morgan fingerprint density at radius 1 is 1.00 bits per heavy atom. The van der Waals surface area contributed by atoms with Crippen molar-refractivity contribution in [2.24, 2.45) is 10.8 Å². The van der Waals surface area contributed by atoms with Crippen molar-refractivity contribution in [3.05, 3.63) is 77.4 Å². The molecule has 0 bridgehead atoms. The molecule has 1 aromatic rings. The minimum atomic E-state index is -3.97. The lowest BCUT2D eigenvalue weighted by molar-refractivity contribution is -0.166. The molecule has 2 unspecified atom stereocenters. The Labute approximate surface area is 228 Å². The molecule has 0 amide bonds. The number of esters is 2. The molecule has 1 aliphatic carbocycles. The Kier molecular flexibility index (Phi) is 10.9. The van der Waals surface area contributed by atoms with Crippen molar-refractivity contribution in [1.29, 1.82) is 0 Å². The highest BCUT2D eigenvalue weighted by atomic mass is 32.2. The molecule has 2 rings (SSSR count). The average molecular weight is 543 g/mol. The molecule has 6 nitrogen and oxygen atoms in total. The Balaban J connectivity index is 2.53. The van der Waals surface area contributed by atoms with Gasteiger partial charge in [0, 0.05) is 5.41 Å². The summed E-state index contributed by atoms with van der Waals surface area (Å²) >= 11 is 0. The predicted molar refractivity (Wildman–Crippen MR) is 151 cm³/mol. The number of carbonyl (C=O) groups is 2. The molecule has 38 heavy (non-hydrogen) atoms. The van der Waals surface area contributed by atoms with Crippen LogP contribution in [0.1, 0.15) is 67.7 Å². The lowest BCUT2D eigenvalue weighted by Gasteiger charge is -2.26. The SMILES string of the molecule is CCOC(=O)C1(C(=O)OCC)CC1(C)C(/C=C(C)/C=C/C=C(\C)CCC=C(C)C)S(=O)(=O)c1ccccc1. The number of sulfone groups is 1. The highest BCUT2D eigenvalue weighted by Crippen LogP contribution is 2.69. The maximum absolute atomic E-state index is 14.0. The van der Waals surface area contributed by atoms with E-state index in [2.05, 4.69) is 26.8 Å². The highest BCUT2D eigenvalue weighted by Gasteiger charge is 2.80. The molecule has 208 valence electrons. The van der Waals surface area contributed by atoms with Crippen LogP contribution in [0.15, 0.2) is 82.3 Å². The first kappa shape index (κ1) is 31.3. The van der Waals surface area contributed by atoms with E-state index >= 15 is 0 Å². The van der Waals surface area contributed by atoms with Crippen LogP contribution in [-0.4, -0.2) is 38.8 Å². The van der Waals surface area contributed by atoms with Gasteiger partial charge < -0.3 is 9.47 Å². The summed E-state index contributed by atoms with van der Waals surface area (Å²) in [6.07, 6.45) is 11.5. The Morgan fingerprint density at radius 3 is 2.11 bits per heavy atom. The van der Waals surface area contributed by atoms with Gasteiger partial charge in [-0.15, -0.1) is 0 Å². The second-order valence-corrected chi connectivity index (χ2v) is 12.4. The van der Waals surface area contributed by atoms with Crippen molar-refractivity contribution in [2.45, 2.75) is 77.9 Å². The van der Waals surface area contributed by atoms with Crippen molar-refractivity contribution >= 4 is 21.8 Å². The molecule has 0 aromatic heterocycles. The second kappa shape index (κ2) is 13.2. The number of hydrogen-bond acceptors (Lipinski definition) is 6. The summed E-state index contributed by atoms with van der Waals surface area (Å²) in [7, 11) is -3.97. The van der Waals surface area contributed by atoms with E-state index in [0.717, 1.165) is 12.8 Å². The van der Waals surface area contributed by atoms with Crippen molar-refractivity contribution in [3.63, 3.8) is 0 Å². The van der Waals surface area contributed by atoms with Gasteiger partial charge in [0.25, 0.3) is 0 Å². The monoisotopic (exact) mass is 542 g/mol. The van der Waals surface area contributed by atoms with Gasteiger partial charge in [0.1, 0.15) is 0 Å².